The van der Waals surface area contributed by atoms with E-state index >= 15 is 0 Å². The van der Waals surface area contributed by atoms with Gasteiger partial charge in [0.15, 0.2) is 13.6 Å². The van der Waals surface area contributed by atoms with Crippen molar-refractivity contribution >= 4 is 23.9 Å². The van der Waals surface area contributed by atoms with Crippen LogP contribution in [-0.4, -0.2) is 63.4 Å². The largest absolute Gasteiger partial charge is 0.462 e. The monoisotopic (exact) mass is 610 g/mol. The number of hydrogen-bond donors (Lipinski definition) is 0. The molecule has 4 saturated carbocycles. The summed E-state index contributed by atoms with van der Waals surface area (Å²) >= 11 is 0. The van der Waals surface area contributed by atoms with E-state index < -0.39 is 10.8 Å². The molecule has 4 rings (SSSR count). The van der Waals surface area contributed by atoms with E-state index in [1.165, 1.54) is 7.11 Å². The fraction of sp³-hybridized carbons (Fsp3) is 0.879. The molecule has 0 saturated heterocycles. The minimum Gasteiger partial charge on any atom is -0.462 e. The lowest BCUT2D eigenvalue weighted by Gasteiger charge is -2.31. The van der Waals surface area contributed by atoms with E-state index in [-0.39, 0.29) is 73.3 Å². The Bertz CT molecular complexity index is 975. The van der Waals surface area contributed by atoms with E-state index in [1.807, 2.05) is 48.5 Å². The summed E-state index contributed by atoms with van der Waals surface area (Å²) in [6, 6.07) is 0. The quantitative estimate of drug-likeness (QED) is 0.115. The first kappa shape index (κ1) is 35.3. The molecule has 0 heterocycles. The Kier molecular flexibility index (Phi) is 12.5. The van der Waals surface area contributed by atoms with Gasteiger partial charge in [-0.05, 0) is 97.8 Å². The second kappa shape index (κ2) is 15.2. The third-order valence-electron chi connectivity index (χ3n) is 10.3. The zero-order valence-corrected chi connectivity index (χ0v) is 27.5. The third-order valence-corrected chi connectivity index (χ3v) is 10.3. The summed E-state index contributed by atoms with van der Waals surface area (Å²) in [6.07, 6.45) is 6.58. The lowest BCUT2D eigenvalue weighted by atomic mass is 9.86. The number of methoxy groups -OCH3 is 1. The van der Waals surface area contributed by atoms with Gasteiger partial charge in [0.05, 0.1) is 22.7 Å². The molecule has 0 aromatic rings. The van der Waals surface area contributed by atoms with E-state index in [1.54, 1.807) is 0 Å². The number of hydrogen-bond acceptors (Lipinski definition) is 10. The van der Waals surface area contributed by atoms with Crippen LogP contribution in [-0.2, 0) is 47.6 Å². The topological polar surface area (TPSA) is 124 Å². The molecule has 8 unspecified atom stereocenters. The zero-order valence-electron chi connectivity index (χ0n) is 27.5. The normalized spacial score (nSPS) is 30.8. The van der Waals surface area contributed by atoms with Gasteiger partial charge in [-0.25, -0.2) is 0 Å². The first-order valence-corrected chi connectivity index (χ1v) is 16.1. The molecule has 4 aliphatic carbocycles. The number of rotatable bonds is 13. The molecule has 10 nitrogen and oxygen atoms in total. The molecule has 246 valence electrons. The van der Waals surface area contributed by atoms with Crippen molar-refractivity contribution in [1.82, 2.24) is 0 Å². The second-order valence-corrected chi connectivity index (χ2v) is 14.0. The number of fused-ring (bicyclic) bond motifs is 4. The molecule has 0 N–H and O–H groups in total. The summed E-state index contributed by atoms with van der Waals surface area (Å²) < 4.78 is 31.5. The first-order chi connectivity index (χ1) is 20.3. The molecule has 0 aliphatic heterocycles. The van der Waals surface area contributed by atoms with Crippen molar-refractivity contribution in [3.05, 3.63) is 0 Å². The molecule has 0 aromatic carbocycles. The van der Waals surface area contributed by atoms with E-state index in [9.17, 15) is 19.2 Å². The summed E-state index contributed by atoms with van der Waals surface area (Å²) in [6.45, 7) is 13.9. The van der Waals surface area contributed by atoms with Gasteiger partial charge in [-0.1, -0.05) is 13.8 Å². The molecule has 43 heavy (non-hydrogen) atoms. The van der Waals surface area contributed by atoms with Gasteiger partial charge in [-0.3, -0.25) is 19.2 Å². The van der Waals surface area contributed by atoms with Crippen molar-refractivity contribution in [3.63, 3.8) is 0 Å². The standard InChI is InChI=1S/C17H28O5.C16H26O5/c1-5-17(3,4)16(19)22-14-9-11-7-12(14)13(8-11)15(18)21-10-20-6-2;1-5-16(2,3)15(18)21-13-8-10-6-11(13)12(7-10)14(17)20-9-19-4/h11-14H,5-10H2,1-4H3;10-13H,5-9H2,1-4H3. The summed E-state index contributed by atoms with van der Waals surface area (Å²) in [5.74, 6) is 0.0986. The summed E-state index contributed by atoms with van der Waals surface area (Å²) in [5, 5.41) is 0. The first-order valence-electron chi connectivity index (χ1n) is 16.1. The van der Waals surface area contributed by atoms with Gasteiger partial charge in [0.2, 0.25) is 0 Å². The van der Waals surface area contributed by atoms with Crippen LogP contribution in [0.15, 0.2) is 0 Å². The van der Waals surface area contributed by atoms with Crippen LogP contribution in [0.1, 0.15) is 99.8 Å². The highest BCUT2D eigenvalue weighted by Crippen LogP contribution is 2.51. The fourth-order valence-electron chi connectivity index (χ4n) is 6.78. The van der Waals surface area contributed by atoms with Gasteiger partial charge >= 0.3 is 23.9 Å². The number of carbonyl (C=O) groups excluding carboxylic acids is 4. The number of esters is 4. The molecule has 0 amide bonds. The van der Waals surface area contributed by atoms with Crippen LogP contribution >= 0.6 is 0 Å². The fourth-order valence-corrected chi connectivity index (χ4v) is 6.78. The average Bonchev–Trinajstić information content (AvgIpc) is 3.77. The van der Waals surface area contributed by atoms with Gasteiger partial charge in [0.25, 0.3) is 0 Å². The Hall–Kier alpha value is -2.20. The van der Waals surface area contributed by atoms with E-state index in [4.69, 9.17) is 28.4 Å². The van der Waals surface area contributed by atoms with E-state index in [0.29, 0.717) is 18.4 Å². The lowest BCUT2D eigenvalue weighted by molar-refractivity contribution is -0.172. The molecule has 0 spiro atoms. The van der Waals surface area contributed by atoms with Crippen molar-refractivity contribution < 1.29 is 47.6 Å². The molecule has 0 radical (unpaired) electrons. The van der Waals surface area contributed by atoms with Crippen molar-refractivity contribution in [1.29, 1.82) is 0 Å². The third kappa shape index (κ3) is 8.71. The predicted octanol–water partition coefficient (Wildman–Crippen LogP) is 5.45. The summed E-state index contributed by atoms with van der Waals surface area (Å²) in [7, 11) is 1.49. The Morgan fingerprint density at radius 2 is 1.05 bits per heavy atom. The maximum Gasteiger partial charge on any atom is 0.311 e. The minimum atomic E-state index is -0.465. The number of ether oxygens (including phenoxy) is 6. The highest BCUT2D eigenvalue weighted by atomic mass is 16.7. The molecule has 4 bridgehead atoms. The van der Waals surface area contributed by atoms with Crippen molar-refractivity contribution in [2.24, 2.45) is 46.3 Å². The highest BCUT2D eigenvalue weighted by Gasteiger charge is 2.53. The highest BCUT2D eigenvalue weighted by molar-refractivity contribution is 5.77. The molecule has 8 atom stereocenters. The van der Waals surface area contributed by atoms with Crippen LogP contribution in [0.25, 0.3) is 0 Å². The van der Waals surface area contributed by atoms with Gasteiger partial charge in [-0.2, -0.15) is 0 Å². The predicted molar refractivity (Wildman–Crippen MR) is 157 cm³/mol. The lowest BCUT2D eigenvalue weighted by Crippen LogP contribution is -2.37. The average molecular weight is 611 g/mol. The molecular weight excluding hydrogens is 556 g/mol. The van der Waals surface area contributed by atoms with Gasteiger partial charge in [0, 0.05) is 25.6 Å². The van der Waals surface area contributed by atoms with Gasteiger partial charge < -0.3 is 28.4 Å². The van der Waals surface area contributed by atoms with Crippen molar-refractivity contribution in [2.75, 3.05) is 27.3 Å². The maximum absolute atomic E-state index is 12.3. The minimum absolute atomic E-state index is 0.0105. The van der Waals surface area contributed by atoms with Crippen LogP contribution in [0, 0.1) is 46.3 Å². The van der Waals surface area contributed by atoms with Gasteiger partial charge in [0.1, 0.15) is 12.2 Å². The van der Waals surface area contributed by atoms with Crippen molar-refractivity contribution in [3.8, 4) is 0 Å². The Morgan fingerprint density at radius 1 is 0.628 bits per heavy atom. The Morgan fingerprint density at radius 3 is 1.40 bits per heavy atom. The second-order valence-electron chi connectivity index (χ2n) is 14.0. The summed E-state index contributed by atoms with van der Waals surface area (Å²) in [5.41, 5.74) is -0.930. The molecule has 4 fully saturated rings. The molecule has 10 heteroatoms. The van der Waals surface area contributed by atoms with E-state index in [2.05, 4.69) is 0 Å². The Balaban J connectivity index is 0.000000236. The summed E-state index contributed by atoms with van der Waals surface area (Å²) in [4.78, 5) is 48.7. The van der Waals surface area contributed by atoms with Crippen LogP contribution in [0.5, 0.6) is 0 Å². The zero-order chi connectivity index (χ0) is 31.9. The number of carbonyl (C=O) groups is 4. The molecule has 0 aromatic heterocycles. The molecule has 4 aliphatic rings. The Labute approximate surface area is 257 Å². The van der Waals surface area contributed by atoms with Crippen LogP contribution in [0.4, 0.5) is 0 Å². The van der Waals surface area contributed by atoms with Gasteiger partial charge in [-0.15, -0.1) is 0 Å². The smallest absolute Gasteiger partial charge is 0.311 e. The van der Waals surface area contributed by atoms with Crippen LogP contribution in [0.3, 0.4) is 0 Å². The van der Waals surface area contributed by atoms with Crippen LogP contribution < -0.4 is 0 Å². The van der Waals surface area contributed by atoms with E-state index in [0.717, 1.165) is 51.4 Å². The molecular formula is C33H54O10. The SMILES string of the molecule is CCC(C)(C)C(=O)OC1CC2CC(C(=O)OCOC)C1C2.CCOCOC(=O)C1CC2CC(OC(=O)C(C)(C)CC)C1C2. The maximum atomic E-state index is 12.3. The van der Waals surface area contributed by atoms with Crippen LogP contribution in [0.2, 0.25) is 0 Å². The van der Waals surface area contributed by atoms with Crippen molar-refractivity contribution in [2.45, 2.75) is 112 Å².